The molecule has 1 atom stereocenters. The molecule has 1 aromatic heterocycles. The molecule has 0 fully saturated rings. The maximum Gasteiger partial charge on any atom is 0.416 e. The fraction of sp³-hybridized carbons (Fsp3) is 0.400. The summed E-state index contributed by atoms with van der Waals surface area (Å²) in [7, 11) is 1.83. The van der Waals surface area contributed by atoms with Gasteiger partial charge in [0, 0.05) is 32.3 Å². The fourth-order valence-corrected chi connectivity index (χ4v) is 2.26. The summed E-state index contributed by atoms with van der Waals surface area (Å²) in [5.41, 5.74) is 0.607. The Balaban J connectivity index is 1.99. The lowest BCUT2D eigenvalue weighted by molar-refractivity contribution is -0.138. The van der Waals surface area contributed by atoms with E-state index in [0.29, 0.717) is 13.0 Å². The third-order valence-electron chi connectivity index (χ3n) is 3.33. The van der Waals surface area contributed by atoms with Crippen LogP contribution < -0.4 is 5.32 Å². The van der Waals surface area contributed by atoms with Gasteiger partial charge in [-0.25, -0.2) is 0 Å². The lowest BCUT2D eigenvalue weighted by Gasteiger charge is -2.19. The van der Waals surface area contributed by atoms with Crippen LogP contribution in [0.25, 0.3) is 0 Å². The number of hydrogen-bond donors (Lipinski definition) is 1. The zero-order valence-electron chi connectivity index (χ0n) is 12.0. The number of alkyl halides is 3. The number of benzene rings is 1. The highest BCUT2D eigenvalue weighted by Gasteiger charge is 2.33. The van der Waals surface area contributed by atoms with Gasteiger partial charge < -0.3 is 5.32 Å². The molecule has 1 unspecified atom stereocenters. The normalized spacial score (nSPS) is 13.4. The lowest BCUT2D eigenvalue weighted by atomic mass is 10.0. The average molecular weight is 297 g/mol. The van der Waals surface area contributed by atoms with E-state index in [1.165, 1.54) is 12.1 Å². The van der Waals surface area contributed by atoms with Crippen LogP contribution in [0.4, 0.5) is 13.2 Å². The Morgan fingerprint density at radius 1 is 1.24 bits per heavy atom. The molecule has 0 bridgehead atoms. The van der Waals surface area contributed by atoms with Crippen LogP contribution in [0.1, 0.15) is 29.8 Å². The molecule has 6 heteroatoms. The molecule has 21 heavy (non-hydrogen) atoms. The van der Waals surface area contributed by atoms with E-state index in [1.807, 2.05) is 19.3 Å². The van der Waals surface area contributed by atoms with Gasteiger partial charge in [0.05, 0.1) is 11.3 Å². The second-order valence-corrected chi connectivity index (χ2v) is 4.99. The summed E-state index contributed by atoms with van der Waals surface area (Å²) in [4.78, 5) is 0. The second-order valence-electron chi connectivity index (χ2n) is 4.99. The molecule has 0 saturated heterocycles. The van der Waals surface area contributed by atoms with E-state index in [2.05, 4.69) is 10.4 Å². The molecule has 0 spiro atoms. The molecule has 1 aromatic carbocycles. The Bertz CT molecular complexity index is 590. The highest BCUT2D eigenvalue weighted by molar-refractivity contribution is 5.32. The van der Waals surface area contributed by atoms with Gasteiger partial charge in [0.1, 0.15) is 0 Å². The number of aromatic nitrogens is 2. The van der Waals surface area contributed by atoms with Gasteiger partial charge in [0.2, 0.25) is 0 Å². The van der Waals surface area contributed by atoms with Crippen LogP contribution in [0.2, 0.25) is 0 Å². The van der Waals surface area contributed by atoms with E-state index in [9.17, 15) is 13.2 Å². The highest BCUT2D eigenvalue weighted by atomic mass is 19.4. The zero-order valence-corrected chi connectivity index (χ0v) is 12.0. The Morgan fingerprint density at radius 2 is 1.95 bits per heavy atom. The van der Waals surface area contributed by atoms with Gasteiger partial charge in [0.15, 0.2) is 0 Å². The third-order valence-corrected chi connectivity index (χ3v) is 3.33. The fourth-order valence-electron chi connectivity index (χ4n) is 2.26. The standard InChI is InChI=1S/C15H18F3N3/c1-11(19-9-7-12-8-10-21(2)20-12)13-5-3-4-6-14(13)15(16,17)18/h3-6,8,10-11,19H,7,9H2,1-2H3. The van der Waals surface area contributed by atoms with Crippen molar-refractivity contribution in [2.75, 3.05) is 6.54 Å². The van der Waals surface area contributed by atoms with E-state index in [4.69, 9.17) is 0 Å². The van der Waals surface area contributed by atoms with Crippen molar-refractivity contribution in [1.29, 1.82) is 0 Å². The molecule has 0 aliphatic rings. The molecule has 3 nitrogen and oxygen atoms in total. The number of nitrogens with one attached hydrogen (secondary N) is 1. The molecule has 0 saturated carbocycles. The van der Waals surface area contributed by atoms with Crippen LogP contribution >= 0.6 is 0 Å². The van der Waals surface area contributed by atoms with Crippen LogP contribution in [0, 0.1) is 0 Å². The van der Waals surface area contributed by atoms with Crippen molar-refractivity contribution in [3.8, 4) is 0 Å². The highest BCUT2D eigenvalue weighted by Crippen LogP contribution is 2.34. The molecule has 0 amide bonds. The summed E-state index contributed by atoms with van der Waals surface area (Å²) in [5.74, 6) is 0. The van der Waals surface area contributed by atoms with Gasteiger partial charge >= 0.3 is 6.18 Å². The summed E-state index contributed by atoms with van der Waals surface area (Å²) in [6, 6.07) is 7.20. The number of halogens is 3. The molecular weight excluding hydrogens is 279 g/mol. The molecule has 2 rings (SSSR count). The molecule has 0 aliphatic heterocycles. The zero-order chi connectivity index (χ0) is 15.5. The summed E-state index contributed by atoms with van der Waals surface area (Å²) in [6.45, 7) is 2.31. The topological polar surface area (TPSA) is 29.9 Å². The number of rotatable bonds is 5. The van der Waals surface area contributed by atoms with Crippen molar-refractivity contribution in [3.63, 3.8) is 0 Å². The van der Waals surface area contributed by atoms with Crippen molar-refractivity contribution >= 4 is 0 Å². The minimum absolute atomic E-state index is 0.269. The van der Waals surface area contributed by atoms with E-state index < -0.39 is 11.7 Å². The average Bonchev–Trinajstić information content (AvgIpc) is 2.83. The van der Waals surface area contributed by atoms with E-state index in [1.54, 1.807) is 17.7 Å². The number of aryl methyl sites for hydroxylation is 1. The largest absolute Gasteiger partial charge is 0.416 e. The molecule has 2 aromatic rings. The SMILES string of the molecule is CC(NCCc1ccn(C)n1)c1ccccc1C(F)(F)F. The van der Waals surface area contributed by atoms with E-state index >= 15 is 0 Å². The van der Waals surface area contributed by atoms with Crippen molar-refractivity contribution in [1.82, 2.24) is 15.1 Å². The van der Waals surface area contributed by atoms with Gasteiger partial charge in [-0.15, -0.1) is 0 Å². The van der Waals surface area contributed by atoms with Crippen LogP contribution in [0.5, 0.6) is 0 Å². The Morgan fingerprint density at radius 3 is 2.57 bits per heavy atom. The molecule has 1 N–H and O–H groups in total. The molecule has 1 heterocycles. The van der Waals surface area contributed by atoms with E-state index in [-0.39, 0.29) is 11.6 Å². The van der Waals surface area contributed by atoms with Gasteiger partial charge in [-0.3, -0.25) is 4.68 Å². The van der Waals surface area contributed by atoms with Crippen LogP contribution in [-0.2, 0) is 19.6 Å². The third kappa shape index (κ3) is 4.07. The Kier molecular flexibility index (Phi) is 4.67. The first-order valence-corrected chi connectivity index (χ1v) is 6.76. The van der Waals surface area contributed by atoms with Crippen LogP contribution in [0.3, 0.4) is 0 Å². The monoisotopic (exact) mass is 297 g/mol. The van der Waals surface area contributed by atoms with Gasteiger partial charge in [0.25, 0.3) is 0 Å². The number of nitrogens with zero attached hydrogens (tertiary/aromatic N) is 2. The first-order chi connectivity index (χ1) is 9.88. The minimum atomic E-state index is -4.33. The predicted molar refractivity (Wildman–Crippen MR) is 74.8 cm³/mol. The second kappa shape index (κ2) is 6.30. The summed E-state index contributed by atoms with van der Waals surface area (Å²) in [5, 5.41) is 7.35. The van der Waals surface area contributed by atoms with Crippen molar-refractivity contribution in [2.45, 2.75) is 25.6 Å². The summed E-state index contributed by atoms with van der Waals surface area (Å²) >= 11 is 0. The summed E-state index contributed by atoms with van der Waals surface area (Å²) < 4.78 is 40.6. The van der Waals surface area contributed by atoms with Crippen molar-refractivity contribution < 1.29 is 13.2 Å². The number of hydrogen-bond acceptors (Lipinski definition) is 2. The first-order valence-electron chi connectivity index (χ1n) is 6.76. The van der Waals surface area contributed by atoms with Crippen molar-refractivity contribution in [3.05, 3.63) is 53.3 Å². The van der Waals surface area contributed by atoms with Gasteiger partial charge in [-0.05, 0) is 24.6 Å². The Hall–Kier alpha value is -1.82. The Labute approximate surface area is 121 Å². The van der Waals surface area contributed by atoms with Gasteiger partial charge in [-0.2, -0.15) is 18.3 Å². The predicted octanol–water partition coefficient (Wildman–Crippen LogP) is 3.33. The minimum Gasteiger partial charge on any atom is -0.310 e. The smallest absolute Gasteiger partial charge is 0.310 e. The molecule has 0 radical (unpaired) electrons. The summed E-state index contributed by atoms with van der Waals surface area (Å²) in [6.07, 6.45) is -1.80. The van der Waals surface area contributed by atoms with Crippen LogP contribution in [-0.4, -0.2) is 16.3 Å². The molecule has 0 aliphatic carbocycles. The van der Waals surface area contributed by atoms with Crippen molar-refractivity contribution in [2.24, 2.45) is 7.05 Å². The maximum absolute atomic E-state index is 13.0. The quantitative estimate of drug-likeness (QED) is 0.917. The maximum atomic E-state index is 13.0. The molecule has 114 valence electrons. The van der Waals surface area contributed by atoms with Crippen LogP contribution in [0.15, 0.2) is 36.5 Å². The first kappa shape index (κ1) is 15.6. The van der Waals surface area contributed by atoms with E-state index in [0.717, 1.165) is 11.8 Å². The lowest BCUT2D eigenvalue weighted by Crippen LogP contribution is -2.24. The molecular formula is C15H18F3N3. The van der Waals surface area contributed by atoms with Gasteiger partial charge in [-0.1, -0.05) is 18.2 Å².